The first-order chi connectivity index (χ1) is 7.13. The molecule has 0 heterocycles. The van der Waals surface area contributed by atoms with Crippen LogP contribution in [0.2, 0.25) is 0 Å². The largest absolute Gasteiger partial charge is 0.403 e. The summed E-state index contributed by atoms with van der Waals surface area (Å²) in [6.45, 7) is 0. The molecule has 0 aromatic rings. The fourth-order valence-electron chi connectivity index (χ4n) is 0.765. The van der Waals surface area contributed by atoms with Crippen LogP contribution in [0.3, 0.4) is 0 Å². The van der Waals surface area contributed by atoms with E-state index in [1.54, 1.807) is 0 Å². The van der Waals surface area contributed by atoms with Crippen LogP contribution in [0.4, 0.5) is 4.39 Å². The molecule has 0 atom stereocenters. The Hall–Kier alpha value is -0.750. The maximum Gasteiger partial charge on any atom is 0.403 e. The third kappa shape index (κ3) is 3.35. The third-order valence-electron chi connectivity index (χ3n) is 1.42. The van der Waals surface area contributed by atoms with Gasteiger partial charge in [0.2, 0.25) is 19.7 Å². The average molecular weight is 312 g/mol. The minimum absolute atomic E-state index is 0.123. The van der Waals surface area contributed by atoms with Gasteiger partial charge in [0, 0.05) is 12.5 Å². The van der Waals surface area contributed by atoms with E-state index in [1.165, 1.54) is 0 Å². The van der Waals surface area contributed by atoms with Gasteiger partial charge in [-0.15, -0.1) is 0 Å². The van der Waals surface area contributed by atoms with Crippen molar-refractivity contribution in [1.82, 2.24) is 0 Å². The molecule has 0 radical (unpaired) electrons. The van der Waals surface area contributed by atoms with Crippen LogP contribution < -0.4 is 0 Å². The highest BCUT2D eigenvalue weighted by atomic mass is 32.3. The number of carbonyl (C=O) groups excluding carboxylic acids is 1. The Labute approximate surface area is 97.7 Å². The maximum absolute atomic E-state index is 13.8. The average Bonchev–Trinajstić information content (AvgIpc) is 1.94. The highest BCUT2D eigenvalue weighted by Gasteiger charge is 2.61. The van der Waals surface area contributed by atoms with E-state index in [0.29, 0.717) is 6.26 Å². The molecule has 0 fully saturated rings. The Bertz CT molecular complexity index is 593. The zero-order valence-corrected chi connectivity index (χ0v) is 11.3. The minimum Gasteiger partial charge on any atom is -0.341 e. The summed E-state index contributed by atoms with van der Waals surface area (Å²) in [5.41, 5.74) is 0. The number of hydrogen-bond donors (Lipinski definition) is 0. The van der Waals surface area contributed by atoms with Crippen LogP contribution in [0.15, 0.2) is 0 Å². The molecule has 102 valence electrons. The molecule has 0 spiro atoms. The van der Waals surface area contributed by atoms with Gasteiger partial charge in [0.25, 0.3) is 0 Å². The molecule has 0 aliphatic heterocycles. The number of carbonyl (C=O) groups is 1. The Morgan fingerprint density at radius 3 is 1.41 bits per heavy atom. The van der Waals surface area contributed by atoms with E-state index >= 15 is 0 Å². The van der Waals surface area contributed by atoms with E-state index < -0.39 is 40.1 Å². The topological polar surface area (TPSA) is 129 Å². The number of alkyl halides is 1. The lowest BCUT2D eigenvalue weighted by molar-refractivity contribution is -0.137. The fraction of sp³-hybridized carbons (Fsp3) is 0.800. The number of hydrogen-bond acceptors (Lipinski definition) is 8. The predicted octanol–water partition coefficient (Wildman–Crippen LogP) is -1.80. The summed E-state index contributed by atoms with van der Waals surface area (Å²) in [7, 11) is -14.7. The molecule has 8 nitrogen and oxygen atoms in total. The van der Waals surface area contributed by atoms with E-state index in [9.17, 15) is 34.4 Å². The van der Waals surface area contributed by atoms with Crippen LogP contribution in [0, 0.1) is 0 Å². The van der Waals surface area contributed by atoms with Crippen molar-refractivity contribution in [2.24, 2.45) is 0 Å². The summed E-state index contributed by atoms with van der Waals surface area (Å²) >= 11 is 0. The summed E-state index contributed by atoms with van der Waals surface area (Å²) in [6, 6.07) is 0. The highest BCUT2D eigenvalue weighted by Crippen LogP contribution is 2.27. The SMILES string of the molecule is CS(=O)(=O)OC(=O)C(F)(S(C)(=O)=O)S(C)(=O)=O. The third-order valence-corrected chi connectivity index (χ3v) is 5.94. The van der Waals surface area contributed by atoms with Gasteiger partial charge in [0.1, 0.15) is 0 Å². The predicted molar refractivity (Wildman–Crippen MR) is 54.5 cm³/mol. The summed E-state index contributed by atoms with van der Waals surface area (Å²) in [5, 5.41) is 0. The highest BCUT2D eigenvalue weighted by molar-refractivity contribution is 8.10. The van der Waals surface area contributed by atoms with Crippen molar-refractivity contribution in [2.45, 2.75) is 4.33 Å². The first-order valence-electron chi connectivity index (χ1n) is 3.65. The van der Waals surface area contributed by atoms with Gasteiger partial charge in [-0.05, 0) is 0 Å². The van der Waals surface area contributed by atoms with Crippen LogP contribution in [0.5, 0.6) is 0 Å². The fourth-order valence-corrected chi connectivity index (χ4v) is 4.15. The molecule has 0 amide bonds. The van der Waals surface area contributed by atoms with Gasteiger partial charge < -0.3 is 4.18 Å². The van der Waals surface area contributed by atoms with Gasteiger partial charge in [-0.1, -0.05) is 0 Å². The first kappa shape index (κ1) is 16.2. The molecule has 17 heavy (non-hydrogen) atoms. The number of halogens is 1. The molecule has 0 aromatic heterocycles. The second-order valence-corrected chi connectivity index (χ2v) is 9.20. The minimum atomic E-state index is -5.09. The first-order valence-corrected chi connectivity index (χ1v) is 9.25. The van der Waals surface area contributed by atoms with Crippen molar-refractivity contribution >= 4 is 35.8 Å². The van der Waals surface area contributed by atoms with E-state index in [1.807, 2.05) is 0 Å². The van der Waals surface area contributed by atoms with Gasteiger partial charge >= 0.3 is 20.4 Å². The zero-order chi connectivity index (χ0) is 14.3. The van der Waals surface area contributed by atoms with E-state index in [2.05, 4.69) is 4.18 Å². The molecule has 12 heteroatoms. The van der Waals surface area contributed by atoms with Crippen molar-refractivity contribution in [3.63, 3.8) is 0 Å². The molecular formula is C5H9FO8S3. The lowest BCUT2D eigenvalue weighted by Crippen LogP contribution is -2.49. The van der Waals surface area contributed by atoms with Crippen LogP contribution in [-0.2, 0) is 38.8 Å². The molecule has 0 saturated heterocycles. The van der Waals surface area contributed by atoms with Crippen molar-refractivity contribution in [3.05, 3.63) is 0 Å². The smallest absolute Gasteiger partial charge is 0.341 e. The van der Waals surface area contributed by atoms with Gasteiger partial charge in [-0.25, -0.2) is 21.6 Å². The van der Waals surface area contributed by atoms with Crippen LogP contribution in [0.25, 0.3) is 0 Å². The second kappa shape index (κ2) is 4.17. The summed E-state index contributed by atoms with van der Waals surface area (Å²) < 4.78 is 77.8. The number of sulfone groups is 2. The lowest BCUT2D eigenvalue weighted by atomic mass is 10.8. The summed E-state index contributed by atoms with van der Waals surface area (Å²) in [4.78, 5) is 11.0. The quantitative estimate of drug-likeness (QED) is 0.556. The van der Waals surface area contributed by atoms with Crippen LogP contribution in [-0.4, -0.2) is 54.3 Å². The Morgan fingerprint density at radius 1 is 0.941 bits per heavy atom. The monoisotopic (exact) mass is 312 g/mol. The lowest BCUT2D eigenvalue weighted by Gasteiger charge is -2.18. The molecule has 0 rings (SSSR count). The Morgan fingerprint density at radius 2 is 1.24 bits per heavy atom. The van der Waals surface area contributed by atoms with Crippen LogP contribution in [0.1, 0.15) is 0 Å². The standard InChI is InChI=1S/C5H9FO8S3/c1-15(8,9)5(6,16(2,10)11)4(7)14-17(3,12)13/h1-3H3. The second-order valence-electron chi connectivity index (χ2n) is 3.16. The van der Waals surface area contributed by atoms with Crippen molar-refractivity contribution in [3.8, 4) is 0 Å². The normalized spacial score (nSPS) is 14.4. The number of rotatable bonds is 4. The van der Waals surface area contributed by atoms with Gasteiger partial charge in [0.15, 0.2) is 0 Å². The molecule has 0 aromatic carbocycles. The maximum atomic E-state index is 13.8. The summed E-state index contributed by atoms with van der Waals surface area (Å²) in [5.74, 6) is -2.54. The van der Waals surface area contributed by atoms with E-state index in [4.69, 9.17) is 0 Å². The van der Waals surface area contributed by atoms with Crippen LogP contribution >= 0.6 is 0 Å². The Kier molecular flexibility index (Phi) is 3.99. The molecule has 0 unspecified atom stereocenters. The van der Waals surface area contributed by atoms with Crippen molar-refractivity contribution in [1.29, 1.82) is 0 Å². The van der Waals surface area contributed by atoms with E-state index in [0.717, 1.165) is 0 Å². The molecule has 0 aliphatic rings. The molecular weight excluding hydrogens is 303 g/mol. The zero-order valence-electron chi connectivity index (χ0n) is 8.87. The van der Waals surface area contributed by atoms with Gasteiger partial charge in [0.05, 0.1) is 6.26 Å². The molecule has 0 aliphatic carbocycles. The molecule has 0 saturated carbocycles. The Balaban J connectivity index is 5.99. The van der Waals surface area contributed by atoms with E-state index in [-0.39, 0.29) is 12.5 Å². The van der Waals surface area contributed by atoms with Gasteiger partial charge in [-0.2, -0.15) is 12.8 Å². The van der Waals surface area contributed by atoms with Crippen molar-refractivity contribution in [2.75, 3.05) is 18.8 Å². The van der Waals surface area contributed by atoms with Crippen molar-refractivity contribution < 1.29 is 38.6 Å². The summed E-state index contributed by atoms with van der Waals surface area (Å²) in [6.07, 6.45) is 0.574. The van der Waals surface area contributed by atoms with Gasteiger partial charge in [-0.3, -0.25) is 0 Å². The molecule has 0 bridgehead atoms. The molecule has 0 N–H and O–H groups in total.